The number of aryl methyl sites for hydroxylation is 1. The Hall–Kier alpha value is -1.62. The molecule has 0 aliphatic heterocycles. The van der Waals surface area contributed by atoms with Gasteiger partial charge in [-0.25, -0.2) is 4.79 Å². The number of hydrogen-bond acceptors (Lipinski definition) is 5. The molecule has 1 aromatic heterocycles. The topological polar surface area (TPSA) is 76.2 Å². The molecule has 5 heteroatoms. The summed E-state index contributed by atoms with van der Waals surface area (Å²) >= 11 is 1.38. The first-order valence-electron chi connectivity index (χ1n) is 4.81. The van der Waals surface area contributed by atoms with Crippen LogP contribution in [0.15, 0.2) is 12.3 Å². The van der Waals surface area contributed by atoms with Crippen molar-refractivity contribution < 1.29 is 9.53 Å². The molecular formula is C11H14N2O2S. The van der Waals surface area contributed by atoms with E-state index < -0.39 is 0 Å². The summed E-state index contributed by atoms with van der Waals surface area (Å²) in [5.41, 5.74) is 6.88. The third-order valence-electron chi connectivity index (χ3n) is 2.16. The number of nitrogens with one attached hydrogen (secondary N) is 1. The number of thiophene rings is 1. The van der Waals surface area contributed by atoms with Gasteiger partial charge in [-0.15, -0.1) is 11.3 Å². The Morgan fingerprint density at radius 2 is 2.38 bits per heavy atom. The van der Waals surface area contributed by atoms with Crippen molar-refractivity contribution in [3.63, 3.8) is 0 Å². The lowest BCUT2D eigenvalue weighted by Gasteiger charge is -1.99. The molecule has 86 valence electrons. The quantitative estimate of drug-likeness (QED) is 0.622. The average Bonchev–Trinajstić information content (AvgIpc) is 2.74. The monoisotopic (exact) mass is 238 g/mol. The third-order valence-corrected chi connectivity index (χ3v) is 3.42. The number of carbonyl (C=O) groups excluding carboxylic acids is 1. The van der Waals surface area contributed by atoms with Crippen LogP contribution in [-0.2, 0) is 11.2 Å². The second kappa shape index (κ2) is 5.46. The van der Waals surface area contributed by atoms with E-state index in [1.54, 1.807) is 6.07 Å². The molecule has 1 rings (SSSR count). The van der Waals surface area contributed by atoms with E-state index >= 15 is 0 Å². The fourth-order valence-electron chi connectivity index (χ4n) is 1.35. The molecule has 3 N–H and O–H groups in total. The normalized spacial score (nSPS) is 11.2. The SMILES string of the molecule is CCc1sc(C(=O)OC)cc1/C(C=N)=C/N. The summed E-state index contributed by atoms with van der Waals surface area (Å²) in [4.78, 5) is 12.9. The zero-order chi connectivity index (χ0) is 12.1. The average molecular weight is 238 g/mol. The molecule has 0 amide bonds. The third kappa shape index (κ3) is 2.30. The number of methoxy groups -OCH3 is 1. The number of rotatable bonds is 4. The van der Waals surface area contributed by atoms with Gasteiger partial charge in [-0.1, -0.05) is 6.92 Å². The highest BCUT2D eigenvalue weighted by Gasteiger charge is 2.15. The molecule has 0 radical (unpaired) electrons. The summed E-state index contributed by atoms with van der Waals surface area (Å²) in [6.07, 6.45) is 3.35. The van der Waals surface area contributed by atoms with Gasteiger partial charge in [-0.05, 0) is 18.1 Å². The zero-order valence-corrected chi connectivity index (χ0v) is 10.1. The highest BCUT2D eigenvalue weighted by atomic mass is 32.1. The van der Waals surface area contributed by atoms with Crippen LogP contribution in [0.5, 0.6) is 0 Å². The molecule has 0 bridgehead atoms. The fourth-order valence-corrected chi connectivity index (χ4v) is 2.39. The van der Waals surface area contributed by atoms with Gasteiger partial charge in [-0.2, -0.15) is 0 Å². The first-order chi connectivity index (χ1) is 7.67. The van der Waals surface area contributed by atoms with Crippen LogP contribution >= 0.6 is 11.3 Å². The van der Waals surface area contributed by atoms with E-state index in [1.165, 1.54) is 30.9 Å². The Bertz CT molecular complexity index is 435. The van der Waals surface area contributed by atoms with Crippen LogP contribution in [0.1, 0.15) is 27.0 Å². The van der Waals surface area contributed by atoms with E-state index in [4.69, 9.17) is 11.1 Å². The molecule has 0 fully saturated rings. The van der Waals surface area contributed by atoms with Gasteiger partial charge in [0.2, 0.25) is 0 Å². The standard InChI is InChI=1S/C11H14N2O2S/c1-3-9-8(7(5-12)6-13)4-10(16-9)11(14)15-2/h4-6,12H,3,13H2,1-2H3/b7-6+,12-5?. The van der Waals surface area contributed by atoms with Crippen molar-refractivity contribution in [2.45, 2.75) is 13.3 Å². The molecule has 0 aliphatic carbocycles. The smallest absolute Gasteiger partial charge is 0.348 e. The van der Waals surface area contributed by atoms with E-state index in [1.807, 2.05) is 6.92 Å². The summed E-state index contributed by atoms with van der Waals surface area (Å²) in [7, 11) is 1.35. The Kier molecular flexibility index (Phi) is 4.25. The van der Waals surface area contributed by atoms with Crippen molar-refractivity contribution in [3.05, 3.63) is 27.6 Å². The Morgan fingerprint density at radius 1 is 1.69 bits per heavy atom. The minimum atomic E-state index is -0.354. The number of ether oxygens (including phenoxy) is 1. The van der Waals surface area contributed by atoms with E-state index in [2.05, 4.69) is 4.74 Å². The van der Waals surface area contributed by atoms with Crippen LogP contribution in [0.3, 0.4) is 0 Å². The predicted octanol–water partition coefficient (Wildman–Crippen LogP) is 2.05. The second-order valence-corrected chi connectivity index (χ2v) is 4.20. The largest absolute Gasteiger partial charge is 0.465 e. The van der Waals surface area contributed by atoms with E-state index in [0.29, 0.717) is 10.5 Å². The summed E-state index contributed by atoms with van der Waals surface area (Å²) in [5.74, 6) is -0.354. The van der Waals surface area contributed by atoms with Crippen LogP contribution in [-0.4, -0.2) is 19.3 Å². The molecule has 1 heterocycles. The fraction of sp³-hybridized carbons (Fsp3) is 0.273. The lowest BCUT2D eigenvalue weighted by atomic mass is 10.1. The Morgan fingerprint density at radius 3 is 2.81 bits per heavy atom. The maximum atomic E-state index is 11.4. The van der Waals surface area contributed by atoms with Crippen LogP contribution in [0.2, 0.25) is 0 Å². The molecule has 0 atom stereocenters. The lowest BCUT2D eigenvalue weighted by molar-refractivity contribution is 0.0606. The van der Waals surface area contributed by atoms with Gasteiger partial charge >= 0.3 is 5.97 Å². The molecule has 0 saturated carbocycles. The number of hydrogen-bond donors (Lipinski definition) is 2. The summed E-state index contributed by atoms with van der Waals surface area (Å²) in [5, 5.41) is 7.25. The molecule has 1 aromatic rings. The molecule has 4 nitrogen and oxygen atoms in total. The molecule has 0 unspecified atom stereocenters. The lowest BCUT2D eigenvalue weighted by Crippen LogP contribution is -1.97. The maximum Gasteiger partial charge on any atom is 0.348 e. The minimum absolute atomic E-state index is 0.354. The van der Waals surface area contributed by atoms with E-state index in [0.717, 1.165) is 16.9 Å². The van der Waals surface area contributed by atoms with Crippen molar-refractivity contribution in [2.75, 3.05) is 7.11 Å². The molecule has 0 spiro atoms. The van der Waals surface area contributed by atoms with Gasteiger partial charge in [0.1, 0.15) is 4.88 Å². The molecule has 16 heavy (non-hydrogen) atoms. The van der Waals surface area contributed by atoms with Crippen molar-refractivity contribution in [1.29, 1.82) is 5.41 Å². The van der Waals surface area contributed by atoms with E-state index in [-0.39, 0.29) is 5.97 Å². The van der Waals surface area contributed by atoms with Crippen LogP contribution in [0.25, 0.3) is 5.57 Å². The molecule has 0 aliphatic rings. The molecule has 0 saturated heterocycles. The summed E-state index contributed by atoms with van der Waals surface area (Å²) in [6, 6.07) is 1.72. The van der Waals surface area contributed by atoms with Crippen LogP contribution < -0.4 is 5.73 Å². The highest BCUT2D eigenvalue weighted by molar-refractivity contribution is 7.14. The van der Waals surface area contributed by atoms with Crippen LogP contribution in [0.4, 0.5) is 0 Å². The number of carbonyl (C=O) groups is 1. The van der Waals surface area contributed by atoms with Gasteiger partial charge in [0, 0.05) is 22.9 Å². The van der Waals surface area contributed by atoms with Crippen molar-refractivity contribution in [3.8, 4) is 0 Å². The van der Waals surface area contributed by atoms with Gasteiger partial charge in [0.15, 0.2) is 0 Å². The maximum absolute atomic E-state index is 11.4. The van der Waals surface area contributed by atoms with Gasteiger partial charge in [0.25, 0.3) is 0 Å². The minimum Gasteiger partial charge on any atom is -0.465 e. The van der Waals surface area contributed by atoms with Gasteiger partial charge in [-0.3, -0.25) is 0 Å². The molecule has 0 aromatic carbocycles. The Balaban J connectivity index is 3.23. The number of esters is 1. The predicted molar refractivity (Wildman–Crippen MR) is 66.0 cm³/mol. The molecular weight excluding hydrogens is 224 g/mol. The van der Waals surface area contributed by atoms with Crippen molar-refractivity contribution in [1.82, 2.24) is 0 Å². The number of allylic oxidation sites excluding steroid dienone is 1. The second-order valence-electron chi connectivity index (χ2n) is 3.06. The highest BCUT2D eigenvalue weighted by Crippen LogP contribution is 2.28. The van der Waals surface area contributed by atoms with Crippen molar-refractivity contribution in [2.24, 2.45) is 5.73 Å². The number of nitrogens with two attached hydrogens (primary N) is 1. The van der Waals surface area contributed by atoms with Gasteiger partial charge in [0.05, 0.1) is 7.11 Å². The summed E-state index contributed by atoms with van der Waals surface area (Å²) < 4.78 is 4.66. The van der Waals surface area contributed by atoms with Gasteiger partial charge < -0.3 is 15.9 Å². The summed E-state index contributed by atoms with van der Waals surface area (Å²) in [6.45, 7) is 1.99. The van der Waals surface area contributed by atoms with Crippen LogP contribution in [0, 0.1) is 5.41 Å². The van der Waals surface area contributed by atoms with E-state index in [9.17, 15) is 4.79 Å². The van der Waals surface area contributed by atoms with Crippen molar-refractivity contribution >= 4 is 29.1 Å². The Labute approximate surface area is 98.2 Å². The zero-order valence-electron chi connectivity index (χ0n) is 9.24. The first kappa shape index (κ1) is 12.4. The first-order valence-corrected chi connectivity index (χ1v) is 5.63.